The van der Waals surface area contributed by atoms with Crippen LogP contribution in [0.3, 0.4) is 0 Å². The van der Waals surface area contributed by atoms with Crippen molar-refractivity contribution in [3.05, 3.63) is 54.1 Å². The molecule has 0 fully saturated rings. The maximum absolute atomic E-state index is 12.8. The van der Waals surface area contributed by atoms with Gasteiger partial charge in [-0.15, -0.1) is 0 Å². The van der Waals surface area contributed by atoms with E-state index >= 15 is 0 Å². The number of fused-ring (bicyclic) bond motifs is 1. The van der Waals surface area contributed by atoms with E-state index in [0.29, 0.717) is 0 Å². The first-order chi connectivity index (χ1) is 10.6. The van der Waals surface area contributed by atoms with E-state index in [4.69, 9.17) is 4.74 Å². The lowest BCUT2D eigenvalue weighted by molar-refractivity contribution is -0.143. The molecule has 0 saturated heterocycles. The van der Waals surface area contributed by atoms with E-state index in [1.54, 1.807) is 7.11 Å². The van der Waals surface area contributed by atoms with Crippen LogP contribution in [0.15, 0.2) is 42.7 Å². The van der Waals surface area contributed by atoms with Gasteiger partial charge in [0.05, 0.1) is 0 Å². The first-order valence-electron chi connectivity index (χ1n) is 7.55. The standard InChI is InChI=1S/C17H21N3O2/c1-17(22-2,13-6-4-3-5-7-13)16(21)19-14-8-9-15-18-10-11-20(15)12-14/h3-7,10-11,14H,8-9,12H2,1-2H3,(H,19,21). The molecule has 1 amide bonds. The summed E-state index contributed by atoms with van der Waals surface area (Å²) < 4.78 is 7.65. The normalized spacial score (nSPS) is 20.0. The maximum Gasteiger partial charge on any atom is 0.256 e. The molecule has 5 heteroatoms. The van der Waals surface area contributed by atoms with Gasteiger partial charge in [-0.05, 0) is 18.9 Å². The lowest BCUT2D eigenvalue weighted by atomic mass is 9.94. The topological polar surface area (TPSA) is 56.1 Å². The third-order valence-corrected chi connectivity index (χ3v) is 4.44. The average molecular weight is 299 g/mol. The summed E-state index contributed by atoms with van der Waals surface area (Å²) in [5, 5.41) is 3.13. The number of carbonyl (C=O) groups is 1. The van der Waals surface area contributed by atoms with Crippen molar-refractivity contribution in [2.24, 2.45) is 0 Å². The maximum atomic E-state index is 12.8. The van der Waals surface area contributed by atoms with Crippen molar-refractivity contribution in [3.63, 3.8) is 0 Å². The van der Waals surface area contributed by atoms with Crippen LogP contribution in [-0.2, 0) is 28.1 Å². The van der Waals surface area contributed by atoms with Crippen LogP contribution in [-0.4, -0.2) is 28.6 Å². The summed E-state index contributed by atoms with van der Waals surface area (Å²) in [5.41, 5.74) is -0.120. The second-order valence-corrected chi connectivity index (χ2v) is 5.81. The van der Waals surface area contributed by atoms with Gasteiger partial charge in [-0.25, -0.2) is 4.98 Å². The highest BCUT2D eigenvalue weighted by Crippen LogP contribution is 2.25. The molecule has 0 bridgehead atoms. The Morgan fingerprint density at radius 3 is 2.91 bits per heavy atom. The summed E-state index contributed by atoms with van der Waals surface area (Å²) in [6, 6.07) is 9.69. The Morgan fingerprint density at radius 1 is 1.41 bits per heavy atom. The Labute approximate surface area is 130 Å². The Kier molecular flexibility index (Phi) is 3.98. The number of rotatable bonds is 4. The number of imidazole rings is 1. The summed E-state index contributed by atoms with van der Waals surface area (Å²) in [5.74, 6) is 0.984. The van der Waals surface area contributed by atoms with Crippen molar-refractivity contribution in [2.45, 2.75) is 38.0 Å². The van der Waals surface area contributed by atoms with Gasteiger partial charge in [0.1, 0.15) is 5.82 Å². The van der Waals surface area contributed by atoms with Crippen LogP contribution in [0.25, 0.3) is 0 Å². The first-order valence-corrected chi connectivity index (χ1v) is 7.55. The Bertz CT molecular complexity index is 653. The van der Waals surface area contributed by atoms with E-state index in [9.17, 15) is 4.79 Å². The molecule has 2 atom stereocenters. The van der Waals surface area contributed by atoms with E-state index in [1.807, 2.05) is 49.6 Å². The van der Waals surface area contributed by atoms with Crippen molar-refractivity contribution < 1.29 is 9.53 Å². The molecule has 3 rings (SSSR count). The number of aryl methyl sites for hydroxylation is 1. The molecular weight excluding hydrogens is 278 g/mol. The van der Waals surface area contributed by atoms with Gasteiger partial charge in [-0.1, -0.05) is 30.3 Å². The van der Waals surface area contributed by atoms with E-state index in [-0.39, 0.29) is 11.9 Å². The molecule has 0 spiro atoms. The summed E-state index contributed by atoms with van der Waals surface area (Å²) in [4.78, 5) is 17.1. The molecule has 0 saturated carbocycles. The molecule has 1 aromatic carbocycles. The van der Waals surface area contributed by atoms with Crippen molar-refractivity contribution in [1.29, 1.82) is 0 Å². The minimum Gasteiger partial charge on any atom is -0.364 e. The first kappa shape index (κ1) is 14.8. The number of hydrogen-bond donors (Lipinski definition) is 1. The molecule has 1 aliphatic heterocycles. The van der Waals surface area contributed by atoms with E-state index in [1.165, 1.54) is 0 Å². The van der Waals surface area contributed by atoms with Gasteiger partial charge in [-0.3, -0.25) is 4.79 Å². The van der Waals surface area contributed by atoms with Gasteiger partial charge in [-0.2, -0.15) is 0 Å². The van der Waals surface area contributed by atoms with Crippen LogP contribution < -0.4 is 5.32 Å². The van der Waals surface area contributed by atoms with Gasteiger partial charge in [0, 0.05) is 38.5 Å². The lowest BCUT2D eigenvalue weighted by Gasteiger charge is -2.31. The van der Waals surface area contributed by atoms with Crippen LogP contribution in [0.5, 0.6) is 0 Å². The number of methoxy groups -OCH3 is 1. The zero-order chi connectivity index (χ0) is 15.6. The highest BCUT2D eigenvalue weighted by Gasteiger charge is 2.36. The molecule has 1 N–H and O–H groups in total. The van der Waals surface area contributed by atoms with Crippen molar-refractivity contribution in [2.75, 3.05) is 7.11 Å². The van der Waals surface area contributed by atoms with Crippen molar-refractivity contribution in [1.82, 2.24) is 14.9 Å². The highest BCUT2D eigenvalue weighted by atomic mass is 16.5. The fourth-order valence-electron chi connectivity index (χ4n) is 2.91. The minimum atomic E-state index is -0.976. The zero-order valence-corrected chi connectivity index (χ0v) is 13.0. The largest absolute Gasteiger partial charge is 0.364 e. The van der Waals surface area contributed by atoms with Gasteiger partial charge in [0.15, 0.2) is 5.60 Å². The van der Waals surface area contributed by atoms with Gasteiger partial charge >= 0.3 is 0 Å². The minimum absolute atomic E-state index is 0.102. The van der Waals surface area contributed by atoms with E-state index in [2.05, 4.69) is 14.9 Å². The molecule has 0 aliphatic carbocycles. The molecule has 116 valence electrons. The van der Waals surface area contributed by atoms with Crippen LogP contribution >= 0.6 is 0 Å². The predicted molar refractivity (Wildman–Crippen MR) is 83.3 cm³/mol. The SMILES string of the molecule is COC(C)(C(=O)NC1CCc2nccn2C1)c1ccccc1. The van der Waals surface area contributed by atoms with Crippen LogP contribution in [0.1, 0.15) is 24.7 Å². The summed E-state index contributed by atoms with van der Waals surface area (Å²) in [7, 11) is 1.57. The monoisotopic (exact) mass is 299 g/mol. The second kappa shape index (κ2) is 5.93. The molecule has 2 heterocycles. The fraction of sp³-hybridized carbons (Fsp3) is 0.412. The molecule has 2 unspecified atom stereocenters. The van der Waals surface area contributed by atoms with Gasteiger partial charge in [0.25, 0.3) is 5.91 Å². The molecule has 1 aromatic heterocycles. The quantitative estimate of drug-likeness (QED) is 0.938. The molecule has 1 aliphatic rings. The van der Waals surface area contributed by atoms with E-state index < -0.39 is 5.60 Å². The third kappa shape index (κ3) is 2.64. The third-order valence-electron chi connectivity index (χ3n) is 4.44. The Balaban J connectivity index is 1.73. The smallest absolute Gasteiger partial charge is 0.256 e. The number of aromatic nitrogens is 2. The fourth-order valence-corrected chi connectivity index (χ4v) is 2.91. The lowest BCUT2D eigenvalue weighted by Crippen LogP contribution is -2.50. The molecule has 0 radical (unpaired) electrons. The number of amides is 1. The van der Waals surface area contributed by atoms with Crippen LogP contribution in [0, 0.1) is 0 Å². The number of carbonyl (C=O) groups excluding carboxylic acids is 1. The molecule has 22 heavy (non-hydrogen) atoms. The van der Waals surface area contributed by atoms with Crippen molar-refractivity contribution >= 4 is 5.91 Å². The van der Waals surface area contributed by atoms with Crippen molar-refractivity contribution in [3.8, 4) is 0 Å². The number of ether oxygens (including phenoxy) is 1. The Morgan fingerprint density at radius 2 is 2.18 bits per heavy atom. The number of benzene rings is 1. The average Bonchev–Trinajstić information content (AvgIpc) is 3.02. The van der Waals surface area contributed by atoms with E-state index in [0.717, 1.165) is 30.8 Å². The Hall–Kier alpha value is -2.14. The van der Waals surface area contributed by atoms with Gasteiger partial charge in [0.2, 0.25) is 0 Å². The molecule has 2 aromatic rings. The number of hydrogen-bond acceptors (Lipinski definition) is 3. The zero-order valence-electron chi connectivity index (χ0n) is 13.0. The molecular formula is C17H21N3O2. The second-order valence-electron chi connectivity index (χ2n) is 5.81. The van der Waals surface area contributed by atoms with Gasteiger partial charge < -0.3 is 14.6 Å². The predicted octanol–water partition coefficient (Wildman–Crippen LogP) is 1.88. The van der Waals surface area contributed by atoms with Crippen LogP contribution in [0.2, 0.25) is 0 Å². The summed E-state index contributed by atoms with van der Waals surface area (Å²) in [6.45, 7) is 2.57. The number of nitrogens with one attached hydrogen (secondary N) is 1. The summed E-state index contributed by atoms with van der Waals surface area (Å²) in [6.07, 6.45) is 5.55. The molecule has 5 nitrogen and oxygen atoms in total. The van der Waals surface area contributed by atoms with Crippen LogP contribution in [0.4, 0.5) is 0 Å². The highest BCUT2D eigenvalue weighted by molar-refractivity contribution is 5.86. The number of nitrogens with zero attached hydrogens (tertiary/aromatic N) is 2. The summed E-state index contributed by atoms with van der Waals surface area (Å²) >= 11 is 0.